The molecule has 0 amide bonds. The normalized spacial score (nSPS) is 14.1. The van der Waals surface area contributed by atoms with E-state index in [1.807, 2.05) is 6.07 Å². The van der Waals surface area contributed by atoms with Gasteiger partial charge in [0.1, 0.15) is 11.6 Å². The summed E-state index contributed by atoms with van der Waals surface area (Å²) in [6, 6.07) is 5.95. The second-order valence-corrected chi connectivity index (χ2v) is 6.43. The molecule has 6 nitrogen and oxygen atoms in total. The molecule has 0 atom stereocenters. The minimum Gasteiger partial charge on any atom is -0.406 e. The van der Waals surface area contributed by atoms with E-state index >= 15 is 0 Å². The summed E-state index contributed by atoms with van der Waals surface area (Å²) in [6.07, 6.45) is -1.98. The lowest BCUT2D eigenvalue weighted by Gasteiger charge is -2.14. The zero-order valence-corrected chi connectivity index (χ0v) is 14.8. The van der Waals surface area contributed by atoms with Crippen molar-refractivity contribution in [1.82, 2.24) is 9.97 Å². The van der Waals surface area contributed by atoms with Crippen LogP contribution in [0.15, 0.2) is 24.3 Å². The summed E-state index contributed by atoms with van der Waals surface area (Å²) in [5, 5.41) is 15.1. The van der Waals surface area contributed by atoms with Gasteiger partial charge >= 0.3 is 6.36 Å². The highest BCUT2D eigenvalue weighted by molar-refractivity contribution is 5.63. The van der Waals surface area contributed by atoms with Crippen molar-refractivity contribution < 1.29 is 23.0 Å². The van der Waals surface area contributed by atoms with Crippen molar-refractivity contribution in [3.05, 3.63) is 35.5 Å². The van der Waals surface area contributed by atoms with Crippen LogP contribution in [0.1, 0.15) is 36.4 Å². The molecule has 1 aliphatic carbocycles. The summed E-state index contributed by atoms with van der Waals surface area (Å²) in [7, 11) is 0. The molecule has 0 unspecified atom stereocenters. The number of hydrogen-bond donors (Lipinski definition) is 3. The molecule has 3 rings (SSSR count). The summed E-state index contributed by atoms with van der Waals surface area (Å²) in [6.45, 7) is 2.31. The monoisotopic (exact) mass is 382 g/mol. The number of aromatic nitrogens is 2. The molecule has 27 heavy (non-hydrogen) atoms. The number of alkyl halides is 3. The van der Waals surface area contributed by atoms with Crippen LogP contribution >= 0.6 is 0 Å². The number of rotatable bonds is 8. The molecule has 3 N–H and O–H groups in total. The Morgan fingerprint density at radius 1 is 1.22 bits per heavy atom. The number of benzene rings is 1. The number of nitrogens with zero attached hydrogens (tertiary/aromatic N) is 2. The highest BCUT2D eigenvalue weighted by Crippen LogP contribution is 2.40. The van der Waals surface area contributed by atoms with Gasteiger partial charge in [0.05, 0.1) is 5.69 Å². The molecular formula is C18H21F3N4O2. The first-order valence-electron chi connectivity index (χ1n) is 8.71. The SMILES string of the molecule is Cc1cc(OC(F)(F)F)ccc1Nc1cc(C2CC2)nc(NCCCO)n1. The Kier molecular flexibility index (Phi) is 5.69. The lowest BCUT2D eigenvalue weighted by atomic mass is 10.2. The summed E-state index contributed by atoms with van der Waals surface area (Å²) in [4.78, 5) is 8.90. The van der Waals surface area contributed by atoms with Crippen LogP contribution in [0.3, 0.4) is 0 Å². The van der Waals surface area contributed by atoms with Gasteiger partial charge in [0.15, 0.2) is 0 Å². The van der Waals surface area contributed by atoms with Crippen LogP contribution in [-0.4, -0.2) is 34.6 Å². The molecule has 1 saturated carbocycles. The maximum absolute atomic E-state index is 12.3. The van der Waals surface area contributed by atoms with Gasteiger partial charge in [-0.2, -0.15) is 4.98 Å². The molecule has 9 heteroatoms. The van der Waals surface area contributed by atoms with E-state index in [9.17, 15) is 13.2 Å². The molecule has 146 valence electrons. The summed E-state index contributed by atoms with van der Waals surface area (Å²) < 4.78 is 41.0. The molecule has 0 saturated heterocycles. The van der Waals surface area contributed by atoms with Crippen LogP contribution in [0, 0.1) is 6.92 Å². The number of ether oxygens (including phenoxy) is 1. The van der Waals surface area contributed by atoms with Crippen LogP contribution in [0.4, 0.5) is 30.6 Å². The van der Waals surface area contributed by atoms with E-state index in [1.54, 1.807) is 6.92 Å². The third kappa shape index (κ3) is 5.72. The Bertz CT molecular complexity index is 795. The van der Waals surface area contributed by atoms with Crippen LogP contribution < -0.4 is 15.4 Å². The summed E-state index contributed by atoms with van der Waals surface area (Å²) >= 11 is 0. The molecule has 0 bridgehead atoms. The fraction of sp³-hybridized carbons (Fsp3) is 0.444. The van der Waals surface area contributed by atoms with Gasteiger partial charge in [0, 0.05) is 30.8 Å². The molecule has 1 aromatic carbocycles. The van der Waals surface area contributed by atoms with Crippen molar-refractivity contribution >= 4 is 17.5 Å². The quantitative estimate of drug-likeness (QED) is 0.597. The van der Waals surface area contributed by atoms with E-state index in [-0.39, 0.29) is 12.4 Å². The zero-order valence-electron chi connectivity index (χ0n) is 14.8. The summed E-state index contributed by atoms with van der Waals surface area (Å²) in [5.74, 6) is 1.17. The second kappa shape index (κ2) is 7.99. The lowest BCUT2D eigenvalue weighted by molar-refractivity contribution is -0.274. The molecule has 0 radical (unpaired) electrons. The number of hydrogen-bond acceptors (Lipinski definition) is 6. The number of nitrogens with one attached hydrogen (secondary N) is 2. The zero-order chi connectivity index (χ0) is 19.4. The smallest absolute Gasteiger partial charge is 0.406 e. The lowest BCUT2D eigenvalue weighted by Crippen LogP contribution is -2.17. The summed E-state index contributed by atoms with van der Waals surface area (Å²) in [5.41, 5.74) is 2.15. The fourth-order valence-corrected chi connectivity index (χ4v) is 2.59. The minimum absolute atomic E-state index is 0.0754. The predicted octanol–water partition coefficient (Wildman–Crippen LogP) is 4.10. The predicted molar refractivity (Wildman–Crippen MR) is 95.3 cm³/mol. The van der Waals surface area contributed by atoms with Crippen molar-refractivity contribution in [2.24, 2.45) is 0 Å². The van der Waals surface area contributed by atoms with Gasteiger partial charge < -0.3 is 20.5 Å². The van der Waals surface area contributed by atoms with Crippen LogP contribution in [0.25, 0.3) is 0 Å². The van der Waals surface area contributed by atoms with Gasteiger partial charge in [-0.05, 0) is 49.9 Å². The Hall–Kier alpha value is -2.55. The molecule has 1 heterocycles. The van der Waals surface area contributed by atoms with Gasteiger partial charge in [0.25, 0.3) is 0 Å². The van der Waals surface area contributed by atoms with Gasteiger partial charge in [-0.3, -0.25) is 0 Å². The fourth-order valence-electron chi connectivity index (χ4n) is 2.59. The van der Waals surface area contributed by atoms with E-state index in [0.29, 0.717) is 41.9 Å². The number of anilines is 3. The first kappa shape index (κ1) is 19.2. The Labute approximate surface area is 154 Å². The highest BCUT2D eigenvalue weighted by Gasteiger charge is 2.31. The third-order valence-corrected chi connectivity index (χ3v) is 4.05. The average Bonchev–Trinajstić information content (AvgIpc) is 3.41. The van der Waals surface area contributed by atoms with Crippen molar-refractivity contribution in [1.29, 1.82) is 0 Å². The van der Waals surface area contributed by atoms with Gasteiger partial charge in [-0.1, -0.05) is 0 Å². The number of aliphatic hydroxyl groups excluding tert-OH is 1. The van der Waals surface area contributed by atoms with E-state index in [0.717, 1.165) is 18.5 Å². The second-order valence-electron chi connectivity index (χ2n) is 6.43. The molecule has 1 aromatic heterocycles. The Balaban J connectivity index is 1.77. The van der Waals surface area contributed by atoms with Crippen molar-refractivity contribution in [3.63, 3.8) is 0 Å². The van der Waals surface area contributed by atoms with Crippen molar-refractivity contribution in [2.45, 2.75) is 38.5 Å². The van der Waals surface area contributed by atoms with E-state index in [4.69, 9.17) is 5.11 Å². The van der Waals surface area contributed by atoms with Crippen LogP contribution in [0.5, 0.6) is 5.75 Å². The third-order valence-electron chi connectivity index (χ3n) is 4.05. The van der Waals surface area contributed by atoms with Crippen LogP contribution in [-0.2, 0) is 0 Å². The average molecular weight is 382 g/mol. The Morgan fingerprint density at radius 2 is 2.00 bits per heavy atom. The first-order valence-corrected chi connectivity index (χ1v) is 8.71. The molecule has 0 aliphatic heterocycles. The van der Waals surface area contributed by atoms with E-state index in [1.165, 1.54) is 18.2 Å². The van der Waals surface area contributed by atoms with Crippen molar-refractivity contribution in [2.75, 3.05) is 23.8 Å². The first-order chi connectivity index (χ1) is 12.8. The molecule has 1 fully saturated rings. The van der Waals surface area contributed by atoms with E-state index in [2.05, 4.69) is 25.3 Å². The largest absolute Gasteiger partial charge is 0.573 e. The number of aryl methyl sites for hydroxylation is 1. The number of halogens is 3. The maximum atomic E-state index is 12.3. The highest BCUT2D eigenvalue weighted by atomic mass is 19.4. The minimum atomic E-state index is -4.72. The van der Waals surface area contributed by atoms with E-state index < -0.39 is 6.36 Å². The Morgan fingerprint density at radius 3 is 2.63 bits per heavy atom. The van der Waals surface area contributed by atoms with Gasteiger partial charge in [-0.15, -0.1) is 13.2 Å². The van der Waals surface area contributed by atoms with Crippen molar-refractivity contribution in [3.8, 4) is 5.75 Å². The maximum Gasteiger partial charge on any atom is 0.573 e. The number of aliphatic hydroxyl groups is 1. The van der Waals surface area contributed by atoms with Gasteiger partial charge in [-0.25, -0.2) is 4.98 Å². The molecule has 2 aromatic rings. The molecular weight excluding hydrogens is 361 g/mol. The van der Waals surface area contributed by atoms with Gasteiger partial charge in [0.2, 0.25) is 5.95 Å². The molecule has 0 spiro atoms. The van der Waals surface area contributed by atoms with Crippen LogP contribution in [0.2, 0.25) is 0 Å². The topological polar surface area (TPSA) is 79.3 Å². The molecule has 1 aliphatic rings. The standard InChI is InChI=1S/C18H21F3N4O2/c1-11-9-13(27-18(19,20)21)5-6-14(11)23-16-10-15(12-3-4-12)24-17(25-16)22-7-2-8-26/h5-6,9-10,12,26H,2-4,7-8H2,1H3,(H2,22,23,24,25).